The molecule has 7 heteroatoms. The fourth-order valence-electron chi connectivity index (χ4n) is 2.33. The quantitative estimate of drug-likeness (QED) is 0.297. The van der Waals surface area contributed by atoms with E-state index in [1.54, 1.807) is 6.08 Å². The minimum absolute atomic E-state index is 0.0462. The Kier molecular flexibility index (Phi) is 11.9. The van der Waals surface area contributed by atoms with Crippen molar-refractivity contribution in [3.8, 4) is 0 Å². The predicted molar refractivity (Wildman–Crippen MR) is 109 cm³/mol. The van der Waals surface area contributed by atoms with Crippen LogP contribution in [0.4, 0.5) is 0 Å². The SMILES string of the molecule is CCSC(=O)/C=C/C[C@@H](OC(=O)CC(=O)OC)[C@H](C)COCc1ccccc1. The molecule has 1 rings (SSSR count). The monoisotopic (exact) mass is 408 g/mol. The van der Waals surface area contributed by atoms with Gasteiger partial charge < -0.3 is 14.2 Å². The van der Waals surface area contributed by atoms with E-state index in [0.717, 1.165) is 5.56 Å². The van der Waals surface area contributed by atoms with Crippen molar-refractivity contribution in [2.75, 3.05) is 19.5 Å². The van der Waals surface area contributed by atoms with Crippen LogP contribution in [0.2, 0.25) is 0 Å². The Labute approximate surface area is 170 Å². The standard InChI is InChI=1S/C21H28O6S/c1-4-28-21(24)12-8-11-18(27-20(23)13-19(22)25-3)16(2)14-26-15-17-9-6-5-7-10-17/h5-10,12,16,18H,4,11,13-15H2,1-3H3/b12-8+/t16-,18-/m1/s1. The number of ether oxygens (including phenoxy) is 3. The first-order valence-electron chi connectivity index (χ1n) is 9.17. The average Bonchev–Trinajstić information content (AvgIpc) is 2.68. The fourth-order valence-corrected chi connectivity index (χ4v) is 2.81. The van der Waals surface area contributed by atoms with E-state index in [1.807, 2.05) is 44.2 Å². The van der Waals surface area contributed by atoms with Crippen LogP contribution in [-0.4, -0.2) is 42.6 Å². The van der Waals surface area contributed by atoms with Crippen molar-refractivity contribution < 1.29 is 28.6 Å². The molecule has 0 saturated heterocycles. The number of hydrogen-bond donors (Lipinski definition) is 0. The van der Waals surface area contributed by atoms with Crippen LogP contribution >= 0.6 is 11.8 Å². The highest BCUT2D eigenvalue weighted by Gasteiger charge is 2.22. The molecule has 0 aliphatic heterocycles. The zero-order chi connectivity index (χ0) is 20.8. The topological polar surface area (TPSA) is 78.9 Å². The molecule has 154 valence electrons. The number of esters is 2. The Hall–Kier alpha value is -2.12. The average molecular weight is 409 g/mol. The predicted octanol–water partition coefficient (Wildman–Crippen LogP) is 3.54. The van der Waals surface area contributed by atoms with Gasteiger partial charge >= 0.3 is 11.9 Å². The zero-order valence-corrected chi connectivity index (χ0v) is 17.4. The second-order valence-electron chi connectivity index (χ2n) is 6.15. The molecule has 6 nitrogen and oxygen atoms in total. The lowest BCUT2D eigenvalue weighted by molar-refractivity contribution is -0.159. The van der Waals surface area contributed by atoms with Crippen LogP contribution in [0.15, 0.2) is 42.5 Å². The summed E-state index contributed by atoms with van der Waals surface area (Å²) in [4.78, 5) is 34.8. The normalized spacial score (nSPS) is 13.1. The summed E-state index contributed by atoms with van der Waals surface area (Å²) >= 11 is 1.21. The molecule has 2 atom stereocenters. The summed E-state index contributed by atoms with van der Waals surface area (Å²) in [6.07, 6.45) is 2.57. The highest BCUT2D eigenvalue weighted by molar-refractivity contribution is 8.14. The minimum Gasteiger partial charge on any atom is -0.469 e. The molecule has 0 aromatic heterocycles. The fraction of sp³-hybridized carbons (Fsp3) is 0.476. The Morgan fingerprint density at radius 3 is 2.50 bits per heavy atom. The Morgan fingerprint density at radius 2 is 1.86 bits per heavy atom. The Morgan fingerprint density at radius 1 is 1.14 bits per heavy atom. The van der Waals surface area contributed by atoms with Gasteiger partial charge in [-0.2, -0.15) is 0 Å². The largest absolute Gasteiger partial charge is 0.469 e. The maximum atomic E-state index is 12.0. The van der Waals surface area contributed by atoms with E-state index < -0.39 is 24.5 Å². The molecule has 0 unspecified atom stereocenters. The van der Waals surface area contributed by atoms with Gasteiger partial charge in [-0.3, -0.25) is 14.4 Å². The van der Waals surface area contributed by atoms with Crippen molar-refractivity contribution in [1.29, 1.82) is 0 Å². The van der Waals surface area contributed by atoms with Crippen molar-refractivity contribution in [1.82, 2.24) is 0 Å². The van der Waals surface area contributed by atoms with Gasteiger partial charge in [0, 0.05) is 12.3 Å². The number of rotatable bonds is 12. The smallest absolute Gasteiger partial charge is 0.317 e. The van der Waals surface area contributed by atoms with Gasteiger partial charge in [-0.15, -0.1) is 0 Å². The van der Waals surface area contributed by atoms with Gasteiger partial charge in [-0.25, -0.2) is 0 Å². The van der Waals surface area contributed by atoms with Gasteiger partial charge in [-0.05, 0) is 17.4 Å². The molecule has 0 amide bonds. The number of hydrogen-bond acceptors (Lipinski definition) is 7. The third-order valence-electron chi connectivity index (χ3n) is 3.84. The van der Waals surface area contributed by atoms with Crippen molar-refractivity contribution in [3.05, 3.63) is 48.0 Å². The van der Waals surface area contributed by atoms with Crippen LogP contribution in [0, 0.1) is 5.92 Å². The maximum absolute atomic E-state index is 12.0. The Balaban J connectivity index is 2.61. The van der Waals surface area contributed by atoms with Crippen molar-refractivity contribution in [2.24, 2.45) is 5.92 Å². The van der Waals surface area contributed by atoms with Gasteiger partial charge in [0.15, 0.2) is 0 Å². The molecule has 1 aromatic rings. The third kappa shape index (κ3) is 10.3. The third-order valence-corrected chi connectivity index (χ3v) is 4.54. The summed E-state index contributed by atoms with van der Waals surface area (Å²) in [6.45, 7) is 4.63. The van der Waals surface area contributed by atoms with Gasteiger partial charge in [0.05, 0.1) is 20.3 Å². The summed E-state index contributed by atoms with van der Waals surface area (Å²) in [7, 11) is 1.22. The molecule has 28 heavy (non-hydrogen) atoms. The van der Waals surface area contributed by atoms with Crippen LogP contribution in [0.1, 0.15) is 32.3 Å². The highest BCUT2D eigenvalue weighted by atomic mass is 32.2. The van der Waals surface area contributed by atoms with E-state index >= 15 is 0 Å². The van der Waals surface area contributed by atoms with E-state index in [9.17, 15) is 14.4 Å². The lowest BCUT2D eigenvalue weighted by Gasteiger charge is -2.23. The van der Waals surface area contributed by atoms with Crippen molar-refractivity contribution >= 4 is 28.8 Å². The highest BCUT2D eigenvalue weighted by Crippen LogP contribution is 2.16. The second-order valence-corrected chi connectivity index (χ2v) is 7.42. The molecule has 0 spiro atoms. The maximum Gasteiger partial charge on any atom is 0.317 e. The molecule has 0 N–H and O–H groups in total. The number of carbonyl (C=O) groups is 3. The summed E-state index contributed by atoms with van der Waals surface area (Å²) in [5, 5.41) is -0.0462. The Bertz CT molecular complexity index is 644. The molecular formula is C21H28O6S. The molecule has 0 heterocycles. The van der Waals surface area contributed by atoms with Gasteiger partial charge in [0.1, 0.15) is 12.5 Å². The number of carbonyl (C=O) groups excluding carboxylic acids is 3. The summed E-state index contributed by atoms with van der Waals surface area (Å²) < 4.78 is 15.7. The second kappa shape index (κ2) is 14.0. The molecule has 0 aliphatic rings. The van der Waals surface area contributed by atoms with Crippen molar-refractivity contribution in [3.63, 3.8) is 0 Å². The number of benzene rings is 1. The van der Waals surface area contributed by atoms with E-state index in [0.29, 0.717) is 25.4 Å². The van der Waals surface area contributed by atoms with E-state index in [1.165, 1.54) is 24.9 Å². The minimum atomic E-state index is -0.658. The van der Waals surface area contributed by atoms with Crippen LogP contribution in [0.5, 0.6) is 0 Å². The molecule has 0 bridgehead atoms. The number of thioether (sulfide) groups is 1. The molecular weight excluding hydrogens is 380 g/mol. The lowest BCUT2D eigenvalue weighted by atomic mass is 10.0. The van der Waals surface area contributed by atoms with E-state index in [4.69, 9.17) is 9.47 Å². The van der Waals surface area contributed by atoms with Gasteiger partial charge in [0.25, 0.3) is 0 Å². The molecule has 0 radical (unpaired) electrons. The lowest BCUT2D eigenvalue weighted by Crippen LogP contribution is -2.29. The molecule has 0 fully saturated rings. The molecule has 0 saturated carbocycles. The molecule has 0 aliphatic carbocycles. The summed E-state index contributed by atoms with van der Waals surface area (Å²) in [5.41, 5.74) is 1.05. The van der Waals surface area contributed by atoms with Gasteiger partial charge in [-0.1, -0.05) is 62.0 Å². The summed E-state index contributed by atoms with van der Waals surface area (Å²) in [5.74, 6) is -0.732. The van der Waals surface area contributed by atoms with E-state index in [-0.39, 0.29) is 11.0 Å². The zero-order valence-electron chi connectivity index (χ0n) is 16.6. The van der Waals surface area contributed by atoms with E-state index in [2.05, 4.69) is 4.74 Å². The first kappa shape index (κ1) is 23.9. The molecule has 1 aromatic carbocycles. The first-order chi connectivity index (χ1) is 13.5. The van der Waals surface area contributed by atoms with Crippen LogP contribution in [-0.2, 0) is 35.2 Å². The van der Waals surface area contributed by atoms with Crippen molar-refractivity contribution in [2.45, 2.75) is 39.4 Å². The number of methoxy groups -OCH3 is 1. The summed E-state index contributed by atoms with van der Waals surface area (Å²) in [6, 6.07) is 9.76. The first-order valence-corrected chi connectivity index (χ1v) is 10.2. The van der Waals surface area contributed by atoms with Crippen LogP contribution in [0.25, 0.3) is 0 Å². The van der Waals surface area contributed by atoms with Crippen LogP contribution in [0.3, 0.4) is 0 Å². The van der Waals surface area contributed by atoms with Gasteiger partial charge in [0.2, 0.25) is 5.12 Å². The van der Waals surface area contributed by atoms with Crippen LogP contribution < -0.4 is 0 Å².